The molecule has 3 aromatic rings. The summed E-state index contributed by atoms with van der Waals surface area (Å²) < 4.78 is 17.8. The molecule has 10 heteroatoms. The Balaban J connectivity index is 1.91. The van der Waals surface area contributed by atoms with Gasteiger partial charge in [-0.3, -0.25) is 0 Å². The summed E-state index contributed by atoms with van der Waals surface area (Å²) in [5.74, 6) is 0. The Hall–Kier alpha value is -2.82. The van der Waals surface area contributed by atoms with Gasteiger partial charge in [-0.15, -0.1) is 0 Å². The minimum atomic E-state index is -2.82. The zero-order chi connectivity index (χ0) is 28.4. The lowest BCUT2D eigenvalue weighted by atomic mass is 9.98. The van der Waals surface area contributed by atoms with E-state index in [1.54, 1.807) is 0 Å². The molecule has 0 aliphatic rings. The number of nitrogens with zero attached hydrogens (tertiary/aromatic N) is 2. The van der Waals surface area contributed by atoms with Crippen molar-refractivity contribution >= 4 is 54.2 Å². The number of hydrogen-bond donors (Lipinski definition) is 2. The van der Waals surface area contributed by atoms with Crippen LogP contribution in [0.25, 0.3) is 10.8 Å². The molecule has 0 aliphatic carbocycles. The van der Waals surface area contributed by atoms with Gasteiger partial charge in [0.15, 0.2) is 0 Å². The lowest BCUT2D eigenvalue weighted by Crippen LogP contribution is -2.46. The minimum Gasteiger partial charge on any atom is -0.383 e. The molecule has 7 nitrogen and oxygen atoms in total. The van der Waals surface area contributed by atoms with E-state index in [4.69, 9.17) is 36.5 Å². The van der Waals surface area contributed by atoms with Crippen molar-refractivity contribution in [2.45, 2.75) is 46.2 Å². The Kier molecular flexibility index (Phi) is 11.4. The molecule has 0 heterocycles. The van der Waals surface area contributed by atoms with E-state index in [2.05, 4.69) is 41.0 Å². The molecule has 0 fully saturated rings. The maximum atomic E-state index is 10.2. The minimum absolute atomic E-state index is 0.0926. The molecule has 0 saturated carbocycles. The summed E-state index contributed by atoms with van der Waals surface area (Å²) in [5.41, 5.74) is 2.14. The lowest BCUT2D eigenvalue weighted by Gasteiger charge is -2.28. The Labute approximate surface area is 241 Å². The summed E-state index contributed by atoms with van der Waals surface area (Å²) in [6.07, 6.45) is 0.636. The van der Waals surface area contributed by atoms with E-state index in [0.717, 1.165) is 16.3 Å². The van der Waals surface area contributed by atoms with Crippen LogP contribution in [0.5, 0.6) is 0 Å². The van der Waals surface area contributed by atoms with Crippen LogP contribution in [0.1, 0.15) is 56.8 Å². The Morgan fingerprint density at radius 2 is 1.46 bits per heavy atom. The first kappa shape index (κ1) is 30.7. The zero-order valence-electron chi connectivity index (χ0n) is 22.7. The second-order valence-corrected chi connectivity index (χ2v) is 12.3. The van der Waals surface area contributed by atoms with Gasteiger partial charge in [-0.25, -0.2) is 0 Å². The maximum absolute atomic E-state index is 10.2. The van der Waals surface area contributed by atoms with E-state index >= 15 is 0 Å². The highest BCUT2D eigenvalue weighted by molar-refractivity contribution is 6.60. The molecule has 3 rings (SSSR count). The van der Waals surface area contributed by atoms with Crippen LogP contribution in [0.4, 0.5) is 11.4 Å². The third-order valence-electron chi connectivity index (χ3n) is 6.31. The smallest absolute Gasteiger partial charge is 0.383 e. The number of hydrogen-bond acceptors (Lipinski definition) is 7. The highest BCUT2D eigenvalue weighted by Crippen LogP contribution is 2.43. The largest absolute Gasteiger partial charge is 0.500 e. The van der Waals surface area contributed by atoms with Crippen molar-refractivity contribution in [1.29, 1.82) is 10.5 Å². The number of halogens is 2. The Bertz CT molecular complexity index is 1350. The second kappa shape index (κ2) is 14.5. The van der Waals surface area contributed by atoms with Crippen molar-refractivity contribution in [2.75, 3.05) is 37.0 Å². The van der Waals surface area contributed by atoms with Gasteiger partial charge in [0.2, 0.25) is 0 Å². The summed E-state index contributed by atoms with van der Waals surface area (Å²) >= 11 is 13.2. The normalized spacial score (nSPS) is 12.1. The van der Waals surface area contributed by atoms with Crippen LogP contribution in [0, 0.1) is 22.7 Å². The molecule has 1 atom stereocenters. The van der Waals surface area contributed by atoms with Crippen molar-refractivity contribution in [3.63, 3.8) is 0 Å². The van der Waals surface area contributed by atoms with E-state index in [9.17, 15) is 10.5 Å². The molecule has 0 spiro atoms. The van der Waals surface area contributed by atoms with Crippen LogP contribution in [0.3, 0.4) is 0 Å². The van der Waals surface area contributed by atoms with Gasteiger partial charge < -0.3 is 23.9 Å². The quantitative estimate of drug-likeness (QED) is 0.146. The molecule has 0 amide bonds. The third kappa shape index (κ3) is 7.04. The first-order valence-electron chi connectivity index (χ1n) is 13.1. The molecule has 2 N–H and O–H groups in total. The van der Waals surface area contributed by atoms with Gasteiger partial charge in [0.25, 0.3) is 0 Å². The van der Waals surface area contributed by atoms with E-state index < -0.39 is 8.80 Å². The summed E-state index contributed by atoms with van der Waals surface area (Å²) in [6, 6.07) is 18.9. The van der Waals surface area contributed by atoms with Crippen LogP contribution in [-0.2, 0) is 13.3 Å². The third-order valence-corrected chi connectivity index (χ3v) is 10.3. The molecule has 0 bridgehead atoms. The SMILES string of the molecule is CCO[Si](CCCNc1c(C#N)c(Cl)c(Cl)c(N[C@H](C)c2cccc3ccccc23)c1C#N)(OCC)OCC. The average Bonchev–Trinajstić information content (AvgIpc) is 2.94. The molecule has 0 saturated heterocycles. The first-order valence-corrected chi connectivity index (χ1v) is 15.8. The molecule has 3 aromatic carbocycles. The summed E-state index contributed by atoms with van der Waals surface area (Å²) in [5, 5.41) is 29.2. The number of nitriles is 2. The van der Waals surface area contributed by atoms with Gasteiger partial charge in [-0.2, -0.15) is 10.5 Å². The van der Waals surface area contributed by atoms with E-state index in [-0.39, 0.29) is 27.2 Å². The number of rotatable bonds is 14. The monoisotopic (exact) mass is 584 g/mol. The number of nitrogens with one attached hydrogen (secondary N) is 2. The summed E-state index contributed by atoms with van der Waals surface area (Å²) in [4.78, 5) is 0. The Morgan fingerprint density at radius 1 is 0.846 bits per heavy atom. The summed E-state index contributed by atoms with van der Waals surface area (Å²) in [6.45, 7) is 9.67. The predicted octanol–water partition coefficient (Wildman–Crippen LogP) is 7.91. The van der Waals surface area contributed by atoms with Gasteiger partial charge in [-0.1, -0.05) is 65.7 Å². The topological polar surface area (TPSA) is 99.3 Å². The summed E-state index contributed by atoms with van der Waals surface area (Å²) in [7, 11) is -2.82. The fourth-order valence-corrected chi connectivity index (χ4v) is 7.75. The number of fused-ring (bicyclic) bond motifs is 1. The fourth-order valence-electron chi connectivity index (χ4n) is 4.66. The van der Waals surface area contributed by atoms with Gasteiger partial charge in [-0.05, 0) is 50.5 Å². The van der Waals surface area contributed by atoms with Gasteiger partial charge >= 0.3 is 8.80 Å². The van der Waals surface area contributed by atoms with Crippen molar-refractivity contribution < 1.29 is 13.3 Å². The van der Waals surface area contributed by atoms with Crippen molar-refractivity contribution in [2.24, 2.45) is 0 Å². The van der Waals surface area contributed by atoms with Crippen molar-refractivity contribution in [3.8, 4) is 12.1 Å². The standard InChI is InChI=1S/C29H34Cl2N4O3Si/c1-5-36-39(37-6-2,38-7-3)17-11-16-34-28-24(18-32)26(30)27(31)29(25(28)19-33)35-20(4)22-15-10-13-21-12-8-9-14-23(21)22/h8-10,12-15,20,34-35H,5-7,11,16-17H2,1-4H3/t20-/m1/s1. The van der Waals surface area contributed by atoms with Crippen LogP contribution in [0.15, 0.2) is 42.5 Å². The van der Waals surface area contributed by atoms with E-state index in [1.807, 2.05) is 52.0 Å². The molecule has 0 aliphatic heterocycles. The average molecular weight is 586 g/mol. The molecule has 0 aromatic heterocycles. The molecule has 206 valence electrons. The van der Waals surface area contributed by atoms with Crippen LogP contribution >= 0.6 is 23.2 Å². The fraction of sp³-hybridized carbons (Fsp3) is 0.379. The highest BCUT2D eigenvalue weighted by atomic mass is 35.5. The first-order chi connectivity index (χ1) is 18.9. The van der Waals surface area contributed by atoms with Gasteiger partial charge in [0.05, 0.1) is 27.0 Å². The second-order valence-electron chi connectivity index (χ2n) is 8.80. The highest BCUT2D eigenvalue weighted by Gasteiger charge is 2.39. The van der Waals surface area contributed by atoms with Crippen LogP contribution < -0.4 is 10.6 Å². The Morgan fingerprint density at radius 3 is 2.08 bits per heavy atom. The van der Waals surface area contributed by atoms with Gasteiger partial charge in [0.1, 0.15) is 17.7 Å². The molecular weight excluding hydrogens is 551 g/mol. The van der Waals surface area contributed by atoms with Crippen LogP contribution in [0.2, 0.25) is 16.1 Å². The van der Waals surface area contributed by atoms with E-state index in [1.165, 1.54) is 0 Å². The number of anilines is 2. The van der Waals surface area contributed by atoms with E-state index in [0.29, 0.717) is 50.2 Å². The predicted molar refractivity (Wildman–Crippen MR) is 160 cm³/mol. The molecular formula is C29H34Cl2N4O3Si. The zero-order valence-corrected chi connectivity index (χ0v) is 25.2. The van der Waals surface area contributed by atoms with Crippen LogP contribution in [-0.4, -0.2) is 35.2 Å². The maximum Gasteiger partial charge on any atom is 0.500 e. The van der Waals surface area contributed by atoms with Crippen molar-refractivity contribution in [3.05, 3.63) is 69.2 Å². The molecule has 0 radical (unpaired) electrons. The molecule has 39 heavy (non-hydrogen) atoms. The number of benzene rings is 3. The lowest BCUT2D eigenvalue weighted by molar-refractivity contribution is 0.0710. The van der Waals surface area contributed by atoms with Crippen molar-refractivity contribution in [1.82, 2.24) is 0 Å². The van der Waals surface area contributed by atoms with Gasteiger partial charge in [0, 0.05) is 38.5 Å². The molecule has 0 unspecified atom stereocenters.